The topological polar surface area (TPSA) is 80.9 Å². The first-order valence-electron chi connectivity index (χ1n) is 8.86. The molecule has 0 fully saturated rings. The van der Waals surface area contributed by atoms with Gasteiger partial charge in [-0.15, -0.1) is 10.2 Å². The lowest BCUT2D eigenvalue weighted by Crippen LogP contribution is -2.27. The van der Waals surface area contributed by atoms with Crippen LogP contribution in [-0.2, 0) is 17.6 Å². The summed E-state index contributed by atoms with van der Waals surface area (Å²) in [6, 6.07) is 17.1. The Bertz CT molecular complexity index is 1110. The second-order valence-electron chi connectivity index (χ2n) is 6.32. The molecule has 7 heteroatoms. The number of nitrogens with one attached hydrogen (secondary N) is 1. The number of hydrogen-bond acceptors (Lipinski definition) is 5. The molecule has 0 saturated heterocycles. The average Bonchev–Trinajstić information content (AvgIpc) is 3.17. The van der Waals surface area contributed by atoms with Gasteiger partial charge in [0.25, 0.3) is 0 Å². The molecule has 0 aliphatic heterocycles. The number of rotatable bonds is 6. The molecule has 0 unspecified atom stereocenters. The van der Waals surface area contributed by atoms with E-state index in [1.165, 1.54) is 0 Å². The summed E-state index contributed by atoms with van der Waals surface area (Å²) < 4.78 is 5.65. The quantitative estimate of drug-likeness (QED) is 0.539. The van der Waals surface area contributed by atoms with Crippen molar-refractivity contribution in [3.05, 3.63) is 77.3 Å². The zero-order valence-corrected chi connectivity index (χ0v) is 15.7. The Labute approximate surface area is 166 Å². The maximum atomic E-state index is 12.1. The van der Waals surface area contributed by atoms with E-state index in [1.807, 2.05) is 54.6 Å². The number of benzene rings is 2. The van der Waals surface area contributed by atoms with Crippen LogP contribution in [0.3, 0.4) is 0 Å². The standard InChI is InChI=1S/C21H17ClN4O2/c22-17-6-3-14(4-7-17)9-11-24-19(27)13-20-25-26-21(28-20)16-5-8-18-15(12-16)2-1-10-23-18/h1-8,10,12H,9,11,13H2,(H,24,27). The number of amides is 1. The van der Waals surface area contributed by atoms with E-state index in [4.69, 9.17) is 16.0 Å². The Kier molecular flexibility index (Phi) is 5.30. The zero-order chi connectivity index (χ0) is 19.3. The Hall–Kier alpha value is -3.25. The summed E-state index contributed by atoms with van der Waals surface area (Å²) >= 11 is 5.87. The van der Waals surface area contributed by atoms with Gasteiger partial charge in [-0.05, 0) is 48.4 Å². The highest BCUT2D eigenvalue weighted by Crippen LogP contribution is 2.22. The van der Waals surface area contributed by atoms with Crippen molar-refractivity contribution in [1.29, 1.82) is 0 Å². The number of halogens is 1. The Morgan fingerprint density at radius 1 is 1.07 bits per heavy atom. The lowest BCUT2D eigenvalue weighted by atomic mass is 10.1. The molecule has 6 nitrogen and oxygen atoms in total. The van der Waals surface area contributed by atoms with Crippen LogP contribution in [0.15, 0.2) is 65.2 Å². The molecule has 2 aromatic heterocycles. The minimum absolute atomic E-state index is 0.0444. The van der Waals surface area contributed by atoms with Crippen LogP contribution < -0.4 is 5.32 Å². The Morgan fingerprint density at radius 3 is 2.79 bits per heavy atom. The molecule has 0 atom stereocenters. The highest BCUT2D eigenvalue weighted by molar-refractivity contribution is 6.30. The largest absolute Gasteiger partial charge is 0.420 e. The van der Waals surface area contributed by atoms with E-state index in [-0.39, 0.29) is 18.2 Å². The number of aromatic nitrogens is 3. The lowest BCUT2D eigenvalue weighted by molar-refractivity contribution is -0.120. The van der Waals surface area contributed by atoms with E-state index in [9.17, 15) is 4.79 Å². The molecular weight excluding hydrogens is 376 g/mol. The van der Waals surface area contributed by atoms with Gasteiger partial charge < -0.3 is 9.73 Å². The highest BCUT2D eigenvalue weighted by Gasteiger charge is 2.12. The fourth-order valence-corrected chi connectivity index (χ4v) is 2.97. The normalized spacial score (nSPS) is 10.9. The molecule has 2 aromatic carbocycles. The van der Waals surface area contributed by atoms with Crippen molar-refractivity contribution >= 4 is 28.4 Å². The highest BCUT2D eigenvalue weighted by atomic mass is 35.5. The van der Waals surface area contributed by atoms with E-state index < -0.39 is 0 Å². The molecule has 4 aromatic rings. The monoisotopic (exact) mass is 392 g/mol. The smallest absolute Gasteiger partial charge is 0.247 e. The number of nitrogens with zero attached hydrogens (tertiary/aromatic N) is 3. The summed E-state index contributed by atoms with van der Waals surface area (Å²) in [5, 5.41) is 12.6. The van der Waals surface area contributed by atoms with Crippen molar-refractivity contribution in [2.45, 2.75) is 12.8 Å². The Morgan fingerprint density at radius 2 is 1.93 bits per heavy atom. The first-order valence-corrected chi connectivity index (χ1v) is 9.24. The average molecular weight is 393 g/mol. The number of hydrogen-bond donors (Lipinski definition) is 1. The molecule has 0 aliphatic carbocycles. The van der Waals surface area contributed by atoms with Crippen LogP contribution >= 0.6 is 11.6 Å². The summed E-state index contributed by atoms with van der Waals surface area (Å²) in [5.74, 6) is 0.506. The van der Waals surface area contributed by atoms with Gasteiger partial charge in [0.2, 0.25) is 17.7 Å². The summed E-state index contributed by atoms with van der Waals surface area (Å²) in [6.45, 7) is 0.527. The van der Waals surface area contributed by atoms with Gasteiger partial charge in [-0.2, -0.15) is 0 Å². The van der Waals surface area contributed by atoms with Crippen molar-refractivity contribution in [3.63, 3.8) is 0 Å². The van der Waals surface area contributed by atoms with Crippen molar-refractivity contribution in [3.8, 4) is 11.5 Å². The van der Waals surface area contributed by atoms with Crippen molar-refractivity contribution in [1.82, 2.24) is 20.5 Å². The summed E-state index contributed by atoms with van der Waals surface area (Å²) in [7, 11) is 0. The fourth-order valence-electron chi connectivity index (χ4n) is 2.85. The molecule has 0 spiro atoms. The molecule has 1 N–H and O–H groups in total. The second kappa shape index (κ2) is 8.19. The van der Waals surface area contributed by atoms with Crippen LogP contribution in [0.1, 0.15) is 11.5 Å². The number of carbonyl (C=O) groups is 1. The summed E-state index contributed by atoms with van der Waals surface area (Å²) in [5.41, 5.74) is 2.80. The molecule has 0 saturated carbocycles. The lowest BCUT2D eigenvalue weighted by Gasteiger charge is -2.04. The van der Waals surface area contributed by atoms with Crippen molar-refractivity contribution < 1.29 is 9.21 Å². The Balaban J connectivity index is 1.34. The maximum absolute atomic E-state index is 12.1. The van der Waals surface area contributed by atoms with Crippen LogP contribution in [0.25, 0.3) is 22.4 Å². The fraction of sp³-hybridized carbons (Fsp3) is 0.143. The van der Waals surface area contributed by atoms with Crippen LogP contribution in [0, 0.1) is 0 Å². The number of fused-ring (bicyclic) bond motifs is 1. The minimum Gasteiger partial charge on any atom is -0.420 e. The van der Waals surface area contributed by atoms with Gasteiger partial charge >= 0.3 is 0 Å². The third-order valence-electron chi connectivity index (χ3n) is 4.28. The predicted octanol–water partition coefficient (Wildman–Crippen LogP) is 3.84. The van der Waals surface area contributed by atoms with Gasteiger partial charge in [0, 0.05) is 28.7 Å². The van der Waals surface area contributed by atoms with Gasteiger partial charge in [0.1, 0.15) is 6.42 Å². The SMILES string of the molecule is O=C(Cc1nnc(-c2ccc3ncccc3c2)o1)NCCc1ccc(Cl)cc1. The maximum Gasteiger partial charge on any atom is 0.247 e. The van der Waals surface area contributed by atoms with E-state index in [0.717, 1.165) is 28.5 Å². The molecule has 0 bridgehead atoms. The molecule has 0 radical (unpaired) electrons. The zero-order valence-electron chi connectivity index (χ0n) is 14.9. The van der Waals surface area contributed by atoms with Gasteiger partial charge in [-0.25, -0.2) is 0 Å². The summed E-state index contributed by atoms with van der Waals surface area (Å²) in [6.07, 6.45) is 2.52. The van der Waals surface area contributed by atoms with Gasteiger partial charge in [-0.3, -0.25) is 9.78 Å². The van der Waals surface area contributed by atoms with Crippen LogP contribution in [0.2, 0.25) is 5.02 Å². The first-order chi connectivity index (χ1) is 13.7. The van der Waals surface area contributed by atoms with E-state index in [2.05, 4.69) is 20.5 Å². The van der Waals surface area contributed by atoms with E-state index in [0.29, 0.717) is 17.5 Å². The number of carbonyl (C=O) groups excluding carboxylic acids is 1. The first kappa shape index (κ1) is 18.1. The number of pyridine rings is 1. The van der Waals surface area contributed by atoms with E-state index >= 15 is 0 Å². The minimum atomic E-state index is -0.160. The van der Waals surface area contributed by atoms with Crippen molar-refractivity contribution in [2.75, 3.05) is 6.54 Å². The molecule has 2 heterocycles. The third-order valence-corrected chi connectivity index (χ3v) is 4.53. The molecule has 0 aliphatic rings. The van der Waals surface area contributed by atoms with E-state index in [1.54, 1.807) is 6.20 Å². The second-order valence-corrected chi connectivity index (χ2v) is 6.75. The van der Waals surface area contributed by atoms with Crippen molar-refractivity contribution in [2.24, 2.45) is 0 Å². The van der Waals surface area contributed by atoms with Gasteiger partial charge in [0.05, 0.1) is 5.52 Å². The van der Waals surface area contributed by atoms with Gasteiger partial charge in [-0.1, -0.05) is 29.8 Å². The van der Waals surface area contributed by atoms with Crippen LogP contribution in [-0.4, -0.2) is 27.6 Å². The molecule has 1 amide bonds. The molecular formula is C21H17ClN4O2. The van der Waals surface area contributed by atoms with Crippen LogP contribution in [0.4, 0.5) is 0 Å². The van der Waals surface area contributed by atoms with Gasteiger partial charge in [0.15, 0.2) is 0 Å². The molecule has 28 heavy (non-hydrogen) atoms. The predicted molar refractivity (Wildman–Crippen MR) is 107 cm³/mol. The van der Waals surface area contributed by atoms with Crippen LogP contribution in [0.5, 0.6) is 0 Å². The summed E-state index contributed by atoms with van der Waals surface area (Å²) in [4.78, 5) is 16.4. The molecule has 140 valence electrons. The third kappa shape index (κ3) is 4.35. The molecule has 4 rings (SSSR count).